The fourth-order valence-corrected chi connectivity index (χ4v) is 1.34. The molecule has 17 heavy (non-hydrogen) atoms. The maximum absolute atomic E-state index is 8.67. The van der Waals surface area contributed by atoms with Crippen molar-refractivity contribution >= 4 is 0 Å². The maximum Gasteiger partial charge on any atom is 0.224 e. The molecule has 0 aliphatic heterocycles. The monoisotopic (exact) mass is 236 g/mol. The van der Waals surface area contributed by atoms with E-state index >= 15 is 0 Å². The Morgan fingerprint density at radius 2 is 1.94 bits per heavy atom. The number of nitrogens with one attached hydrogen (secondary N) is 1. The minimum Gasteiger partial charge on any atom is -0.481 e. The van der Waals surface area contributed by atoms with Crippen LogP contribution in [0.15, 0.2) is 6.33 Å². The second-order valence-electron chi connectivity index (χ2n) is 3.53. The zero-order valence-corrected chi connectivity index (χ0v) is 10.2. The van der Waals surface area contributed by atoms with E-state index in [4.69, 9.17) is 14.7 Å². The Labute approximate surface area is 101 Å². The second-order valence-corrected chi connectivity index (χ2v) is 3.53. The molecule has 0 spiro atoms. The fourth-order valence-electron chi connectivity index (χ4n) is 1.34. The third kappa shape index (κ3) is 3.57. The molecule has 0 amide bonds. The van der Waals surface area contributed by atoms with Crippen molar-refractivity contribution in [1.82, 2.24) is 15.3 Å². The molecule has 0 saturated carbocycles. The molecule has 0 aromatic carbocycles. The van der Waals surface area contributed by atoms with Crippen LogP contribution in [-0.2, 0) is 6.54 Å². The van der Waals surface area contributed by atoms with E-state index in [2.05, 4.69) is 21.4 Å². The van der Waals surface area contributed by atoms with Gasteiger partial charge in [0.2, 0.25) is 11.8 Å². The van der Waals surface area contributed by atoms with Crippen LogP contribution < -0.4 is 14.8 Å². The summed E-state index contributed by atoms with van der Waals surface area (Å²) < 4.78 is 10.3. The predicted octanol–water partition coefficient (Wildman–Crippen LogP) is 0.743. The van der Waals surface area contributed by atoms with Gasteiger partial charge in [0.05, 0.1) is 31.8 Å². The lowest BCUT2D eigenvalue weighted by atomic mass is 10.2. The molecule has 0 fully saturated rings. The lowest BCUT2D eigenvalue weighted by Crippen LogP contribution is -2.21. The highest BCUT2D eigenvalue weighted by Crippen LogP contribution is 2.22. The fraction of sp³-hybridized carbons (Fsp3) is 0.545. The van der Waals surface area contributed by atoms with Crippen LogP contribution in [0.3, 0.4) is 0 Å². The van der Waals surface area contributed by atoms with Crippen LogP contribution in [0, 0.1) is 17.2 Å². The summed E-state index contributed by atoms with van der Waals surface area (Å²) in [6.45, 7) is 2.94. The van der Waals surface area contributed by atoms with Gasteiger partial charge in [-0.25, -0.2) is 9.97 Å². The molecule has 6 nitrogen and oxygen atoms in total. The molecule has 0 aliphatic carbocycles. The highest BCUT2D eigenvalue weighted by Gasteiger charge is 2.12. The Morgan fingerprint density at radius 1 is 1.35 bits per heavy atom. The summed E-state index contributed by atoms with van der Waals surface area (Å²) in [5, 5.41) is 11.8. The Bertz CT molecular complexity index is 381. The molecule has 1 aromatic heterocycles. The van der Waals surface area contributed by atoms with Gasteiger partial charge in [0, 0.05) is 13.1 Å². The number of hydrogen-bond acceptors (Lipinski definition) is 6. The highest BCUT2D eigenvalue weighted by atomic mass is 16.5. The minimum absolute atomic E-state index is 0.0448. The second kappa shape index (κ2) is 6.66. The lowest BCUT2D eigenvalue weighted by molar-refractivity contribution is 0.359. The van der Waals surface area contributed by atoms with Crippen LogP contribution >= 0.6 is 0 Å². The summed E-state index contributed by atoms with van der Waals surface area (Å²) in [5.74, 6) is 0.916. The van der Waals surface area contributed by atoms with E-state index in [-0.39, 0.29) is 5.92 Å². The Morgan fingerprint density at radius 3 is 2.41 bits per heavy atom. The summed E-state index contributed by atoms with van der Waals surface area (Å²) in [7, 11) is 3.09. The number of nitrogens with zero attached hydrogens (tertiary/aromatic N) is 3. The molecule has 1 N–H and O–H groups in total. The van der Waals surface area contributed by atoms with Crippen molar-refractivity contribution in [3.63, 3.8) is 0 Å². The van der Waals surface area contributed by atoms with Crippen molar-refractivity contribution in [2.75, 3.05) is 20.8 Å². The zero-order chi connectivity index (χ0) is 12.7. The first-order valence-corrected chi connectivity index (χ1v) is 5.25. The van der Waals surface area contributed by atoms with Gasteiger partial charge in [-0.2, -0.15) is 5.26 Å². The van der Waals surface area contributed by atoms with Gasteiger partial charge in [-0.3, -0.25) is 0 Å². The molecule has 0 bridgehead atoms. The molecular weight excluding hydrogens is 220 g/mol. The molecule has 6 heteroatoms. The van der Waals surface area contributed by atoms with Gasteiger partial charge in [-0.1, -0.05) is 0 Å². The van der Waals surface area contributed by atoms with Gasteiger partial charge >= 0.3 is 0 Å². The maximum atomic E-state index is 8.67. The normalized spacial score (nSPS) is 11.6. The van der Waals surface area contributed by atoms with Gasteiger partial charge in [0.1, 0.15) is 6.33 Å². The summed E-state index contributed by atoms with van der Waals surface area (Å²) >= 11 is 0. The van der Waals surface area contributed by atoms with Gasteiger partial charge in [0.15, 0.2) is 0 Å². The van der Waals surface area contributed by atoms with E-state index in [1.165, 1.54) is 6.33 Å². The van der Waals surface area contributed by atoms with Crippen LogP contribution in [0.4, 0.5) is 0 Å². The van der Waals surface area contributed by atoms with Crippen LogP contribution in [0.5, 0.6) is 11.8 Å². The van der Waals surface area contributed by atoms with Crippen LogP contribution in [-0.4, -0.2) is 30.7 Å². The molecule has 1 rings (SSSR count). The molecule has 0 aliphatic rings. The number of ether oxygens (including phenoxy) is 2. The lowest BCUT2D eigenvalue weighted by Gasteiger charge is -2.11. The van der Waals surface area contributed by atoms with Crippen LogP contribution in [0.25, 0.3) is 0 Å². The largest absolute Gasteiger partial charge is 0.481 e. The predicted molar refractivity (Wildman–Crippen MR) is 61.6 cm³/mol. The smallest absolute Gasteiger partial charge is 0.224 e. The average Bonchev–Trinajstić information content (AvgIpc) is 2.38. The first kappa shape index (κ1) is 13.2. The number of hydrogen-bond donors (Lipinski definition) is 1. The van der Waals surface area contributed by atoms with E-state index < -0.39 is 0 Å². The van der Waals surface area contributed by atoms with Crippen LogP contribution in [0.1, 0.15) is 12.5 Å². The SMILES string of the molecule is COc1ncnc(OC)c1CNCC(C)C#N. The molecule has 0 saturated heterocycles. The molecule has 1 heterocycles. The van der Waals surface area contributed by atoms with Gasteiger partial charge < -0.3 is 14.8 Å². The van der Waals surface area contributed by atoms with Crippen molar-refractivity contribution in [1.29, 1.82) is 5.26 Å². The van der Waals surface area contributed by atoms with Crippen molar-refractivity contribution < 1.29 is 9.47 Å². The standard InChI is InChI=1S/C11H16N4O2/c1-8(4-12)5-13-6-9-10(16-2)14-7-15-11(9)17-3/h7-8,13H,5-6H2,1-3H3. The van der Waals surface area contributed by atoms with E-state index in [1.807, 2.05) is 6.92 Å². The summed E-state index contributed by atoms with van der Waals surface area (Å²) in [5.41, 5.74) is 0.752. The van der Waals surface area contributed by atoms with E-state index in [1.54, 1.807) is 14.2 Å². The Balaban J connectivity index is 2.71. The number of rotatable bonds is 6. The minimum atomic E-state index is -0.0448. The zero-order valence-electron chi connectivity index (χ0n) is 10.2. The molecule has 1 aromatic rings. The van der Waals surface area contributed by atoms with E-state index in [0.717, 1.165) is 5.56 Å². The molecule has 92 valence electrons. The highest BCUT2D eigenvalue weighted by molar-refractivity contribution is 5.34. The third-order valence-electron chi connectivity index (χ3n) is 2.23. The number of nitriles is 1. The van der Waals surface area contributed by atoms with Gasteiger partial charge in [-0.05, 0) is 6.92 Å². The Kier molecular flexibility index (Phi) is 5.17. The van der Waals surface area contributed by atoms with Crippen molar-refractivity contribution in [3.8, 4) is 17.8 Å². The topological polar surface area (TPSA) is 80.1 Å². The first-order valence-electron chi connectivity index (χ1n) is 5.25. The van der Waals surface area contributed by atoms with Crippen LogP contribution in [0.2, 0.25) is 0 Å². The quantitative estimate of drug-likeness (QED) is 0.784. The average molecular weight is 236 g/mol. The Hall–Kier alpha value is -1.87. The summed E-state index contributed by atoms with van der Waals surface area (Å²) in [6, 6.07) is 2.15. The van der Waals surface area contributed by atoms with Gasteiger partial charge in [0.25, 0.3) is 0 Å². The summed E-state index contributed by atoms with van der Waals surface area (Å²) in [6.07, 6.45) is 1.39. The van der Waals surface area contributed by atoms with E-state index in [9.17, 15) is 0 Å². The first-order chi connectivity index (χ1) is 8.22. The molecular formula is C11H16N4O2. The summed E-state index contributed by atoms with van der Waals surface area (Å²) in [4.78, 5) is 8.01. The number of aromatic nitrogens is 2. The van der Waals surface area contributed by atoms with Crippen molar-refractivity contribution in [3.05, 3.63) is 11.9 Å². The van der Waals surface area contributed by atoms with E-state index in [0.29, 0.717) is 24.8 Å². The molecule has 1 atom stereocenters. The van der Waals surface area contributed by atoms with Crippen molar-refractivity contribution in [2.45, 2.75) is 13.5 Å². The molecule has 1 unspecified atom stereocenters. The number of methoxy groups -OCH3 is 2. The third-order valence-corrected chi connectivity index (χ3v) is 2.23. The molecule has 0 radical (unpaired) electrons. The van der Waals surface area contributed by atoms with Crippen molar-refractivity contribution in [2.24, 2.45) is 5.92 Å². The van der Waals surface area contributed by atoms with Gasteiger partial charge in [-0.15, -0.1) is 0 Å².